The van der Waals surface area contributed by atoms with E-state index in [1.807, 2.05) is 6.92 Å². The van der Waals surface area contributed by atoms with Gasteiger partial charge in [-0.05, 0) is 23.9 Å². The zero-order chi connectivity index (χ0) is 8.20. The minimum absolute atomic E-state index is 0.235. The Balaban J connectivity index is 3.36. The van der Waals surface area contributed by atoms with E-state index in [1.165, 1.54) is 0 Å². The van der Waals surface area contributed by atoms with E-state index in [9.17, 15) is 8.78 Å². The van der Waals surface area contributed by atoms with E-state index in [4.69, 9.17) is 0 Å². The zero-order valence-corrected chi connectivity index (χ0v) is 8.05. The first kappa shape index (κ1) is 10.6. The molecule has 0 rings (SSSR count). The van der Waals surface area contributed by atoms with Crippen LogP contribution in [0.5, 0.6) is 0 Å². The molecule has 0 aliphatic carbocycles. The summed E-state index contributed by atoms with van der Waals surface area (Å²) >= 11 is 7.88. The van der Waals surface area contributed by atoms with Crippen molar-refractivity contribution >= 4 is 27.5 Å². The summed E-state index contributed by atoms with van der Waals surface area (Å²) in [6.45, 7) is 1.90. The summed E-state index contributed by atoms with van der Waals surface area (Å²) in [5.41, 5.74) is 0. The first-order chi connectivity index (χ1) is 4.45. The van der Waals surface area contributed by atoms with Gasteiger partial charge in [-0.2, -0.15) is 8.78 Å². The van der Waals surface area contributed by atoms with Crippen LogP contribution in [-0.4, -0.2) is 10.7 Å². The van der Waals surface area contributed by atoms with Gasteiger partial charge in [0.15, 0.2) is 0 Å². The maximum atomic E-state index is 12.0. The fourth-order valence-corrected chi connectivity index (χ4v) is 0.920. The molecule has 0 heterocycles. The third-order valence-electron chi connectivity index (χ3n) is 1.18. The van der Waals surface area contributed by atoms with E-state index in [1.54, 1.807) is 0 Å². The Labute approximate surface area is 73.1 Å². The number of alkyl halides is 4. The zero-order valence-electron chi connectivity index (χ0n) is 5.71. The van der Waals surface area contributed by atoms with Gasteiger partial charge in [0, 0.05) is 11.8 Å². The van der Waals surface area contributed by atoms with Crippen LogP contribution in [0.2, 0.25) is 0 Å². The van der Waals surface area contributed by atoms with E-state index in [2.05, 4.69) is 27.5 Å². The smallest absolute Gasteiger partial charge is 0.188 e. The maximum Gasteiger partial charge on any atom is 0.321 e. The number of halogens is 4. The van der Waals surface area contributed by atoms with Crippen LogP contribution in [0.4, 0.5) is 8.78 Å². The molecule has 0 bridgehead atoms. The Morgan fingerprint density at radius 3 is 2.40 bits per heavy atom. The first-order valence-corrected chi connectivity index (χ1v) is 4.58. The van der Waals surface area contributed by atoms with E-state index in [-0.39, 0.29) is 12.3 Å². The molecule has 0 fully saturated rings. The van der Waals surface area contributed by atoms with E-state index in [0.717, 1.165) is 5.33 Å². The van der Waals surface area contributed by atoms with Gasteiger partial charge in [-0.15, -0.1) is 0 Å². The van der Waals surface area contributed by atoms with Crippen LogP contribution in [0.25, 0.3) is 0 Å². The normalized spacial score (nSPS) is 15.3. The Kier molecular flexibility index (Phi) is 4.78. The van der Waals surface area contributed by atoms with E-state index >= 15 is 0 Å². The van der Waals surface area contributed by atoms with Crippen molar-refractivity contribution in [1.82, 2.24) is 0 Å². The number of rotatable bonds is 4. The molecule has 10 heavy (non-hydrogen) atoms. The fourth-order valence-electron chi connectivity index (χ4n) is 0.487. The van der Waals surface area contributed by atoms with Crippen LogP contribution in [0.1, 0.15) is 19.8 Å². The average Bonchev–Trinajstić information content (AvgIpc) is 1.81. The maximum absolute atomic E-state index is 12.0. The highest BCUT2D eigenvalue weighted by Gasteiger charge is 2.24. The second-order valence-corrected chi connectivity index (χ2v) is 3.61. The van der Waals surface area contributed by atoms with Gasteiger partial charge < -0.3 is 0 Å². The van der Waals surface area contributed by atoms with Gasteiger partial charge in [0.1, 0.15) is 0 Å². The summed E-state index contributed by atoms with van der Waals surface area (Å²) in [6, 6.07) is 0. The van der Waals surface area contributed by atoms with E-state index in [0.29, 0.717) is 6.42 Å². The third-order valence-corrected chi connectivity index (χ3v) is 2.48. The second-order valence-electron chi connectivity index (χ2n) is 2.41. The van der Waals surface area contributed by atoms with Crippen LogP contribution >= 0.6 is 27.5 Å². The highest BCUT2D eigenvalue weighted by molar-refractivity contribution is 9.09. The van der Waals surface area contributed by atoms with Crippen LogP contribution in [-0.2, 0) is 0 Å². The molecule has 0 spiro atoms. The molecule has 0 nitrogen and oxygen atoms in total. The molecule has 0 saturated heterocycles. The summed E-state index contributed by atoms with van der Waals surface area (Å²) in [7, 11) is 0. The highest BCUT2D eigenvalue weighted by atomic mass is 79.9. The Bertz CT molecular complexity index is 92.2. The Hall–Kier alpha value is 0.630. The molecule has 0 aromatic rings. The van der Waals surface area contributed by atoms with E-state index < -0.39 is 5.38 Å². The predicted octanol–water partition coefficient (Wildman–Crippen LogP) is 3.63. The summed E-state index contributed by atoms with van der Waals surface area (Å²) in [6.07, 6.45) is 0.225. The molecule has 0 aromatic heterocycles. The molecule has 0 aliphatic rings. The van der Waals surface area contributed by atoms with Crippen LogP contribution in [0.15, 0.2) is 0 Å². The molecular formula is C6H10BrClF2. The standard InChI is InChI=1S/C6H10BrClF2/c1-5(4-7)2-3-6(8,9)10/h5H,2-4H2,1H3. The Morgan fingerprint density at radius 2 is 2.10 bits per heavy atom. The van der Waals surface area contributed by atoms with Gasteiger partial charge in [0.25, 0.3) is 0 Å². The molecule has 0 amide bonds. The highest BCUT2D eigenvalue weighted by Crippen LogP contribution is 2.27. The third kappa shape index (κ3) is 6.75. The summed E-state index contributed by atoms with van der Waals surface area (Å²) in [5, 5.41) is -2.27. The molecule has 0 saturated carbocycles. The van der Waals surface area contributed by atoms with Gasteiger partial charge in [-0.25, -0.2) is 0 Å². The van der Waals surface area contributed by atoms with Crippen molar-refractivity contribution in [3.05, 3.63) is 0 Å². The number of hydrogen-bond acceptors (Lipinski definition) is 0. The van der Waals surface area contributed by atoms with Crippen molar-refractivity contribution in [3.8, 4) is 0 Å². The largest absolute Gasteiger partial charge is 0.321 e. The lowest BCUT2D eigenvalue weighted by atomic mass is 10.1. The van der Waals surface area contributed by atoms with Crippen LogP contribution in [0, 0.1) is 5.92 Å². The van der Waals surface area contributed by atoms with Crippen LogP contribution in [0.3, 0.4) is 0 Å². The van der Waals surface area contributed by atoms with Gasteiger partial charge >= 0.3 is 5.38 Å². The second kappa shape index (κ2) is 4.50. The van der Waals surface area contributed by atoms with Crippen molar-refractivity contribution in [3.63, 3.8) is 0 Å². The van der Waals surface area contributed by atoms with Gasteiger partial charge in [-0.3, -0.25) is 0 Å². The molecule has 0 N–H and O–H groups in total. The molecule has 4 heteroatoms. The lowest BCUT2D eigenvalue weighted by molar-refractivity contribution is 0.0798. The molecular weight excluding hydrogens is 225 g/mol. The molecule has 0 aromatic carbocycles. The van der Waals surface area contributed by atoms with Crippen molar-refractivity contribution in [2.24, 2.45) is 5.92 Å². The van der Waals surface area contributed by atoms with Gasteiger partial charge in [0.05, 0.1) is 0 Å². The van der Waals surface area contributed by atoms with Gasteiger partial charge in [0.2, 0.25) is 0 Å². The minimum Gasteiger partial charge on any atom is -0.188 e. The lowest BCUT2D eigenvalue weighted by Gasteiger charge is -2.10. The molecule has 62 valence electrons. The molecule has 0 aliphatic heterocycles. The first-order valence-electron chi connectivity index (χ1n) is 3.08. The molecule has 0 radical (unpaired) electrons. The summed E-state index contributed by atoms with van der Waals surface area (Å²) < 4.78 is 23.9. The molecule has 1 unspecified atom stereocenters. The minimum atomic E-state index is -3.02. The van der Waals surface area contributed by atoms with Crippen molar-refractivity contribution in [2.45, 2.75) is 25.1 Å². The lowest BCUT2D eigenvalue weighted by Crippen LogP contribution is -2.08. The SMILES string of the molecule is CC(CBr)CCC(F)(F)Cl. The average molecular weight is 235 g/mol. The Morgan fingerprint density at radius 1 is 1.60 bits per heavy atom. The summed E-state index contributed by atoms with van der Waals surface area (Å²) in [5.74, 6) is 0.268. The monoisotopic (exact) mass is 234 g/mol. The van der Waals surface area contributed by atoms with Crippen LogP contribution < -0.4 is 0 Å². The topological polar surface area (TPSA) is 0 Å². The quantitative estimate of drug-likeness (QED) is 0.653. The van der Waals surface area contributed by atoms with Crippen molar-refractivity contribution in [1.29, 1.82) is 0 Å². The molecule has 1 atom stereocenters. The van der Waals surface area contributed by atoms with Crippen molar-refractivity contribution in [2.75, 3.05) is 5.33 Å². The fraction of sp³-hybridized carbons (Fsp3) is 1.00. The van der Waals surface area contributed by atoms with Crippen molar-refractivity contribution < 1.29 is 8.78 Å². The predicted molar refractivity (Wildman–Crippen MR) is 43.0 cm³/mol. The number of hydrogen-bond donors (Lipinski definition) is 0. The summed E-state index contributed by atoms with van der Waals surface area (Å²) in [4.78, 5) is 0. The van der Waals surface area contributed by atoms with Gasteiger partial charge in [-0.1, -0.05) is 22.9 Å².